The van der Waals surface area contributed by atoms with Gasteiger partial charge in [-0.15, -0.1) is 0 Å². The molecule has 3 nitrogen and oxygen atoms in total. The summed E-state index contributed by atoms with van der Waals surface area (Å²) in [7, 11) is 0. The minimum Gasteiger partial charge on any atom is -0.368 e. The van der Waals surface area contributed by atoms with Crippen LogP contribution in [0.15, 0.2) is 18.2 Å². The van der Waals surface area contributed by atoms with E-state index in [1.807, 2.05) is 32.0 Å². The second-order valence-electron chi connectivity index (χ2n) is 3.64. The number of aryl methyl sites for hydroxylation is 2. The van der Waals surface area contributed by atoms with Crippen molar-refractivity contribution in [3.05, 3.63) is 34.9 Å². The van der Waals surface area contributed by atoms with E-state index in [0.717, 1.165) is 11.1 Å². The average Bonchev–Trinajstić information content (AvgIpc) is 2.11. The number of carbonyl (C=O) groups is 1. The maximum Gasteiger partial charge on any atom is 0.234 e. The number of hydrogen-bond donors (Lipinski definition) is 2. The summed E-state index contributed by atoms with van der Waals surface area (Å²) >= 11 is 0. The molecule has 0 heterocycles. The Labute approximate surface area is 84.1 Å². The SMILES string of the molecule is Cc1ccc(C)c(CC(N)C(N)=O)c1. The third-order valence-corrected chi connectivity index (χ3v) is 2.31. The van der Waals surface area contributed by atoms with Crippen molar-refractivity contribution < 1.29 is 4.79 Å². The lowest BCUT2D eigenvalue weighted by molar-refractivity contribution is -0.119. The van der Waals surface area contributed by atoms with Crippen molar-refractivity contribution >= 4 is 5.91 Å². The van der Waals surface area contributed by atoms with Gasteiger partial charge < -0.3 is 11.5 Å². The molecule has 1 aromatic carbocycles. The molecule has 1 amide bonds. The van der Waals surface area contributed by atoms with E-state index in [1.165, 1.54) is 5.56 Å². The second kappa shape index (κ2) is 4.24. The molecule has 0 radical (unpaired) electrons. The highest BCUT2D eigenvalue weighted by Gasteiger charge is 2.11. The van der Waals surface area contributed by atoms with Crippen molar-refractivity contribution in [2.24, 2.45) is 11.5 Å². The van der Waals surface area contributed by atoms with E-state index in [2.05, 4.69) is 0 Å². The van der Waals surface area contributed by atoms with E-state index < -0.39 is 11.9 Å². The highest BCUT2D eigenvalue weighted by molar-refractivity contribution is 5.79. The van der Waals surface area contributed by atoms with Crippen LogP contribution < -0.4 is 11.5 Å². The fourth-order valence-electron chi connectivity index (χ4n) is 1.36. The van der Waals surface area contributed by atoms with E-state index in [-0.39, 0.29) is 0 Å². The lowest BCUT2D eigenvalue weighted by Gasteiger charge is -2.10. The molecule has 4 N–H and O–H groups in total. The van der Waals surface area contributed by atoms with Gasteiger partial charge >= 0.3 is 0 Å². The predicted octanol–water partition coefficient (Wildman–Crippen LogP) is 0.659. The fourth-order valence-corrected chi connectivity index (χ4v) is 1.36. The van der Waals surface area contributed by atoms with Crippen LogP contribution in [0.5, 0.6) is 0 Å². The van der Waals surface area contributed by atoms with Crippen LogP contribution >= 0.6 is 0 Å². The van der Waals surface area contributed by atoms with E-state index in [0.29, 0.717) is 6.42 Å². The van der Waals surface area contributed by atoms with Gasteiger partial charge in [-0.1, -0.05) is 23.8 Å². The summed E-state index contributed by atoms with van der Waals surface area (Å²) in [4.78, 5) is 10.8. The van der Waals surface area contributed by atoms with Gasteiger partial charge in [0.1, 0.15) is 0 Å². The van der Waals surface area contributed by atoms with E-state index >= 15 is 0 Å². The highest BCUT2D eigenvalue weighted by atomic mass is 16.1. The average molecular weight is 192 g/mol. The summed E-state index contributed by atoms with van der Waals surface area (Å²) in [6, 6.07) is 5.51. The van der Waals surface area contributed by atoms with Gasteiger partial charge in [-0.2, -0.15) is 0 Å². The molecule has 1 aromatic rings. The first-order valence-electron chi connectivity index (χ1n) is 4.61. The molecule has 0 aliphatic rings. The van der Waals surface area contributed by atoms with Crippen LogP contribution in [0, 0.1) is 13.8 Å². The molecular formula is C11H16N2O. The molecular weight excluding hydrogens is 176 g/mol. The van der Waals surface area contributed by atoms with Crippen LogP contribution in [-0.2, 0) is 11.2 Å². The minimum atomic E-state index is -0.588. The first kappa shape index (κ1) is 10.7. The zero-order chi connectivity index (χ0) is 10.7. The molecule has 0 saturated heterocycles. The molecule has 0 fully saturated rings. The molecule has 0 saturated carbocycles. The first-order valence-corrected chi connectivity index (χ1v) is 4.61. The Morgan fingerprint density at radius 3 is 2.64 bits per heavy atom. The Kier molecular flexibility index (Phi) is 3.25. The van der Waals surface area contributed by atoms with Gasteiger partial charge in [-0.25, -0.2) is 0 Å². The van der Waals surface area contributed by atoms with Crippen molar-refractivity contribution in [3.63, 3.8) is 0 Å². The molecule has 0 spiro atoms. The van der Waals surface area contributed by atoms with Crippen molar-refractivity contribution in [1.82, 2.24) is 0 Å². The maximum absolute atomic E-state index is 10.8. The standard InChI is InChI=1S/C11H16N2O/c1-7-3-4-8(2)9(5-7)6-10(12)11(13)14/h3-5,10H,6,12H2,1-2H3,(H2,13,14). The van der Waals surface area contributed by atoms with Gasteiger partial charge in [0, 0.05) is 0 Å². The van der Waals surface area contributed by atoms with Crippen molar-refractivity contribution in [1.29, 1.82) is 0 Å². The predicted molar refractivity (Wildman–Crippen MR) is 56.8 cm³/mol. The Bertz CT molecular complexity index is 347. The van der Waals surface area contributed by atoms with Crippen LogP contribution in [0.4, 0.5) is 0 Å². The normalized spacial score (nSPS) is 12.5. The molecule has 0 bridgehead atoms. The molecule has 0 aromatic heterocycles. The van der Waals surface area contributed by atoms with Crippen LogP contribution in [0.3, 0.4) is 0 Å². The summed E-state index contributed by atoms with van der Waals surface area (Å²) in [6.07, 6.45) is 0.517. The van der Waals surface area contributed by atoms with E-state index in [4.69, 9.17) is 11.5 Å². The fraction of sp³-hybridized carbons (Fsp3) is 0.364. The number of rotatable bonds is 3. The van der Waals surface area contributed by atoms with Crippen LogP contribution in [0.2, 0.25) is 0 Å². The Morgan fingerprint density at radius 2 is 2.07 bits per heavy atom. The Balaban J connectivity index is 2.85. The lowest BCUT2D eigenvalue weighted by atomic mass is 9.99. The summed E-state index contributed by atoms with van der Waals surface area (Å²) in [5, 5.41) is 0. The number of primary amides is 1. The summed E-state index contributed by atoms with van der Waals surface area (Å²) in [6.45, 7) is 4.02. The minimum absolute atomic E-state index is 0.453. The molecule has 0 aliphatic heterocycles. The van der Waals surface area contributed by atoms with Crippen LogP contribution in [-0.4, -0.2) is 11.9 Å². The summed E-state index contributed by atoms with van der Waals surface area (Å²) in [5.74, 6) is -0.453. The zero-order valence-electron chi connectivity index (χ0n) is 8.58. The highest BCUT2D eigenvalue weighted by Crippen LogP contribution is 2.12. The van der Waals surface area contributed by atoms with Gasteiger partial charge in [0.05, 0.1) is 6.04 Å². The third kappa shape index (κ3) is 2.57. The number of amides is 1. The number of carbonyl (C=O) groups excluding carboxylic acids is 1. The molecule has 0 aliphatic carbocycles. The van der Waals surface area contributed by atoms with Gasteiger partial charge in [0.25, 0.3) is 0 Å². The van der Waals surface area contributed by atoms with Crippen LogP contribution in [0.25, 0.3) is 0 Å². The van der Waals surface area contributed by atoms with Crippen molar-refractivity contribution in [3.8, 4) is 0 Å². The number of benzene rings is 1. The molecule has 1 unspecified atom stereocenters. The summed E-state index contributed by atoms with van der Waals surface area (Å²) < 4.78 is 0. The van der Waals surface area contributed by atoms with E-state index in [9.17, 15) is 4.79 Å². The summed E-state index contributed by atoms with van der Waals surface area (Å²) in [5.41, 5.74) is 14.1. The van der Waals surface area contributed by atoms with Gasteiger partial charge in [-0.3, -0.25) is 4.79 Å². The topological polar surface area (TPSA) is 69.1 Å². The quantitative estimate of drug-likeness (QED) is 0.738. The molecule has 3 heteroatoms. The number of nitrogens with two attached hydrogens (primary N) is 2. The van der Waals surface area contributed by atoms with Crippen molar-refractivity contribution in [2.45, 2.75) is 26.3 Å². The Morgan fingerprint density at radius 1 is 1.43 bits per heavy atom. The smallest absolute Gasteiger partial charge is 0.234 e. The Hall–Kier alpha value is -1.35. The monoisotopic (exact) mass is 192 g/mol. The van der Waals surface area contributed by atoms with Crippen LogP contribution in [0.1, 0.15) is 16.7 Å². The maximum atomic E-state index is 10.8. The number of hydrogen-bond acceptors (Lipinski definition) is 2. The van der Waals surface area contributed by atoms with E-state index in [1.54, 1.807) is 0 Å². The molecule has 14 heavy (non-hydrogen) atoms. The van der Waals surface area contributed by atoms with Crippen molar-refractivity contribution in [2.75, 3.05) is 0 Å². The third-order valence-electron chi connectivity index (χ3n) is 2.31. The van der Waals surface area contributed by atoms with Gasteiger partial charge in [0.15, 0.2) is 0 Å². The van der Waals surface area contributed by atoms with Gasteiger partial charge in [0.2, 0.25) is 5.91 Å². The molecule has 1 rings (SSSR count). The zero-order valence-corrected chi connectivity index (χ0v) is 8.58. The molecule has 76 valence electrons. The molecule has 1 atom stereocenters. The lowest BCUT2D eigenvalue weighted by Crippen LogP contribution is -2.38. The second-order valence-corrected chi connectivity index (χ2v) is 3.64. The largest absolute Gasteiger partial charge is 0.368 e. The van der Waals surface area contributed by atoms with Gasteiger partial charge in [-0.05, 0) is 31.4 Å². The first-order chi connectivity index (χ1) is 6.50.